The molecule has 0 saturated heterocycles. The minimum Gasteiger partial charge on any atom is -0.379 e. The summed E-state index contributed by atoms with van der Waals surface area (Å²) in [6, 6.07) is 8.80. The first-order valence-corrected chi connectivity index (χ1v) is 7.29. The number of allylic oxidation sites excluding steroid dienone is 1. The van der Waals surface area contributed by atoms with Crippen molar-refractivity contribution in [2.45, 2.75) is 22.9 Å². The van der Waals surface area contributed by atoms with Gasteiger partial charge in [-0.1, -0.05) is 65.1 Å². The van der Waals surface area contributed by atoms with E-state index >= 15 is 0 Å². The third-order valence-electron chi connectivity index (χ3n) is 2.77. The van der Waals surface area contributed by atoms with Crippen molar-refractivity contribution in [1.82, 2.24) is 0 Å². The second-order valence-corrected chi connectivity index (χ2v) is 6.78. The van der Waals surface area contributed by atoms with Gasteiger partial charge in [0.2, 0.25) is 3.79 Å². The van der Waals surface area contributed by atoms with Crippen LogP contribution in [0, 0.1) is 5.92 Å². The highest BCUT2D eigenvalue weighted by atomic mass is 35.6. The van der Waals surface area contributed by atoms with Gasteiger partial charge in [0.25, 0.3) is 0 Å². The molecule has 3 N–H and O–H groups in total. The van der Waals surface area contributed by atoms with E-state index < -0.39 is 27.5 Å². The van der Waals surface area contributed by atoms with E-state index in [9.17, 15) is 9.18 Å². The molecule has 3 nitrogen and oxygen atoms in total. The average Bonchev–Trinajstić information content (AvgIpc) is 2.41. The smallest absolute Gasteiger partial charge is 0.249 e. The Morgan fingerprint density at radius 2 is 1.90 bits per heavy atom. The highest BCUT2D eigenvalue weighted by Crippen LogP contribution is 2.34. The lowest BCUT2D eigenvalue weighted by atomic mass is 9.93. The standard InChI is InChI=1S/C14H15Cl3FNO2/c15-14(16,17)13(21)10(11(18)6-7-12(19)20)8-9-4-2-1-3-5-9/h1-6,10,12,20H,7-8,19H2/b11-6+. The van der Waals surface area contributed by atoms with Gasteiger partial charge in [0.05, 0.1) is 5.92 Å². The first-order valence-electron chi connectivity index (χ1n) is 6.16. The predicted molar refractivity (Wildman–Crippen MR) is 82.9 cm³/mol. The maximum atomic E-state index is 14.2. The molecule has 0 radical (unpaired) electrons. The Labute approximate surface area is 137 Å². The molecule has 116 valence electrons. The van der Waals surface area contributed by atoms with Crippen LogP contribution in [-0.4, -0.2) is 20.9 Å². The number of benzene rings is 1. The number of hydrogen-bond acceptors (Lipinski definition) is 3. The Balaban J connectivity index is 3.00. The van der Waals surface area contributed by atoms with E-state index in [1.165, 1.54) is 0 Å². The van der Waals surface area contributed by atoms with Crippen LogP contribution in [0.15, 0.2) is 42.2 Å². The van der Waals surface area contributed by atoms with E-state index in [2.05, 4.69) is 0 Å². The van der Waals surface area contributed by atoms with Crippen LogP contribution in [-0.2, 0) is 11.2 Å². The monoisotopic (exact) mass is 353 g/mol. The topological polar surface area (TPSA) is 63.3 Å². The molecule has 0 fully saturated rings. The summed E-state index contributed by atoms with van der Waals surface area (Å²) in [6.45, 7) is 0. The molecule has 1 rings (SSSR count). The van der Waals surface area contributed by atoms with E-state index in [0.717, 1.165) is 11.6 Å². The summed E-state index contributed by atoms with van der Waals surface area (Å²) >= 11 is 16.7. The zero-order valence-electron chi connectivity index (χ0n) is 11.0. The number of Topliss-reactive ketones (excluding diaryl/α,β-unsaturated/α-hetero) is 1. The third-order valence-corrected chi connectivity index (χ3v) is 3.32. The number of nitrogens with two attached hydrogens (primary N) is 1. The van der Waals surface area contributed by atoms with Gasteiger partial charge in [-0.05, 0) is 18.1 Å². The molecule has 0 aromatic heterocycles. The average molecular weight is 355 g/mol. The van der Waals surface area contributed by atoms with Crippen LogP contribution in [0.1, 0.15) is 12.0 Å². The molecule has 21 heavy (non-hydrogen) atoms. The summed E-state index contributed by atoms with van der Waals surface area (Å²) in [5.41, 5.74) is 5.86. The van der Waals surface area contributed by atoms with Crippen LogP contribution in [0.25, 0.3) is 0 Å². The van der Waals surface area contributed by atoms with Crippen molar-refractivity contribution in [2.24, 2.45) is 11.7 Å². The van der Waals surface area contributed by atoms with Crippen molar-refractivity contribution in [3.8, 4) is 0 Å². The lowest BCUT2D eigenvalue weighted by molar-refractivity contribution is -0.121. The fourth-order valence-electron chi connectivity index (χ4n) is 1.74. The lowest BCUT2D eigenvalue weighted by Gasteiger charge is -2.19. The molecule has 0 spiro atoms. The Morgan fingerprint density at radius 1 is 1.33 bits per heavy atom. The number of ketones is 1. The van der Waals surface area contributed by atoms with E-state index in [0.29, 0.717) is 0 Å². The molecular formula is C14H15Cl3FNO2. The first-order chi connectivity index (χ1) is 9.71. The third kappa shape index (κ3) is 6.32. The number of hydrogen-bond donors (Lipinski definition) is 2. The van der Waals surface area contributed by atoms with E-state index in [1.54, 1.807) is 30.3 Å². The fraction of sp³-hybridized carbons (Fsp3) is 0.357. The Morgan fingerprint density at radius 3 is 2.38 bits per heavy atom. The molecule has 2 atom stereocenters. The van der Waals surface area contributed by atoms with E-state index in [1.807, 2.05) is 0 Å². The number of aliphatic hydroxyl groups excluding tert-OH is 1. The second kappa shape index (κ2) is 8.11. The molecule has 0 aliphatic heterocycles. The van der Waals surface area contributed by atoms with Crippen molar-refractivity contribution < 1.29 is 14.3 Å². The number of aliphatic hydroxyl groups is 1. The van der Waals surface area contributed by atoms with Gasteiger partial charge in [-0.3, -0.25) is 4.79 Å². The summed E-state index contributed by atoms with van der Waals surface area (Å²) in [4.78, 5) is 12.1. The molecule has 2 unspecified atom stereocenters. The van der Waals surface area contributed by atoms with Gasteiger partial charge in [-0.25, -0.2) is 4.39 Å². The van der Waals surface area contributed by atoms with Gasteiger partial charge in [0.1, 0.15) is 12.1 Å². The maximum absolute atomic E-state index is 14.2. The molecular weight excluding hydrogens is 340 g/mol. The normalized spacial score (nSPS) is 15.6. The van der Waals surface area contributed by atoms with Crippen LogP contribution in [0.2, 0.25) is 0 Å². The van der Waals surface area contributed by atoms with Gasteiger partial charge in [0, 0.05) is 6.42 Å². The molecule has 0 heterocycles. The zero-order chi connectivity index (χ0) is 16.0. The van der Waals surface area contributed by atoms with Gasteiger partial charge < -0.3 is 10.8 Å². The van der Waals surface area contributed by atoms with E-state index in [-0.39, 0.29) is 12.8 Å². The van der Waals surface area contributed by atoms with Crippen molar-refractivity contribution in [2.75, 3.05) is 0 Å². The molecule has 0 bridgehead atoms. The largest absolute Gasteiger partial charge is 0.379 e. The summed E-state index contributed by atoms with van der Waals surface area (Å²) in [5, 5.41) is 8.97. The van der Waals surface area contributed by atoms with Crippen molar-refractivity contribution >= 4 is 40.6 Å². The van der Waals surface area contributed by atoms with Gasteiger partial charge in [-0.2, -0.15) is 0 Å². The molecule has 7 heteroatoms. The van der Waals surface area contributed by atoms with Crippen LogP contribution >= 0.6 is 34.8 Å². The number of carbonyl (C=O) groups excluding carboxylic acids is 1. The highest BCUT2D eigenvalue weighted by molar-refractivity contribution is 6.76. The number of rotatable bonds is 6. The molecule has 1 aromatic rings. The van der Waals surface area contributed by atoms with Crippen LogP contribution < -0.4 is 5.73 Å². The summed E-state index contributed by atoms with van der Waals surface area (Å²) < 4.78 is 12.0. The minimum absolute atomic E-state index is 0.0522. The minimum atomic E-state index is -2.22. The number of halogens is 4. The zero-order valence-corrected chi connectivity index (χ0v) is 13.2. The maximum Gasteiger partial charge on any atom is 0.249 e. The SMILES string of the molecule is NC(O)C/C=C(/F)C(Cc1ccccc1)C(=O)C(Cl)(Cl)Cl. The number of alkyl halides is 3. The molecule has 0 saturated carbocycles. The number of carbonyl (C=O) groups is 1. The lowest BCUT2D eigenvalue weighted by Crippen LogP contribution is -2.30. The molecule has 0 aliphatic rings. The molecule has 0 amide bonds. The van der Waals surface area contributed by atoms with Crippen LogP contribution in [0.3, 0.4) is 0 Å². The summed E-state index contributed by atoms with van der Waals surface area (Å²) in [6.07, 6.45) is -0.260. The Hall–Kier alpha value is -0.650. The van der Waals surface area contributed by atoms with Crippen molar-refractivity contribution in [1.29, 1.82) is 0 Å². The van der Waals surface area contributed by atoms with E-state index in [4.69, 9.17) is 45.6 Å². The molecule has 1 aromatic carbocycles. The van der Waals surface area contributed by atoms with Gasteiger partial charge in [0.15, 0.2) is 5.78 Å². The van der Waals surface area contributed by atoms with Crippen LogP contribution in [0.5, 0.6) is 0 Å². The van der Waals surface area contributed by atoms with Crippen LogP contribution in [0.4, 0.5) is 4.39 Å². The first kappa shape index (κ1) is 18.4. The van der Waals surface area contributed by atoms with Crippen molar-refractivity contribution in [3.63, 3.8) is 0 Å². The fourth-order valence-corrected chi connectivity index (χ4v) is 2.13. The predicted octanol–water partition coefficient (Wildman–Crippen LogP) is 3.31. The van der Waals surface area contributed by atoms with Crippen molar-refractivity contribution in [3.05, 3.63) is 47.8 Å². The Bertz CT molecular complexity index is 501. The molecule has 0 aliphatic carbocycles. The van der Waals surface area contributed by atoms with Gasteiger partial charge >= 0.3 is 0 Å². The quantitative estimate of drug-likeness (QED) is 0.608. The highest BCUT2D eigenvalue weighted by Gasteiger charge is 2.38. The van der Waals surface area contributed by atoms with Gasteiger partial charge in [-0.15, -0.1) is 0 Å². The second-order valence-electron chi connectivity index (χ2n) is 4.50. The summed E-state index contributed by atoms with van der Waals surface area (Å²) in [5.74, 6) is -2.88. The summed E-state index contributed by atoms with van der Waals surface area (Å²) in [7, 11) is 0. The Kier molecular flexibility index (Phi) is 7.10.